The lowest BCUT2D eigenvalue weighted by atomic mass is 10.1. The van der Waals surface area contributed by atoms with Crippen LogP contribution < -0.4 is 5.43 Å². The summed E-state index contributed by atoms with van der Waals surface area (Å²) in [7, 11) is 1.20. The van der Waals surface area contributed by atoms with Crippen molar-refractivity contribution in [1.82, 2.24) is 9.38 Å². The molecule has 0 bridgehead atoms. The lowest BCUT2D eigenvalue weighted by Gasteiger charge is -2.00. The molecule has 0 unspecified atom stereocenters. The highest BCUT2D eigenvalue weighted by Crippen LogP contribution is 2.22. The zero-order valence-corrected chi connectivity index (χ0v) is 15.3. The Labute approximate surface area is 157 Å². The highest BCUT2D eigenvalue weighted by atomic mass is 127. The van der Waals surface area contributed by atoms with Crippen LogP contribution in [0.15, 0.2) is 53.9 Å². The minimum absolute atomic E-state index is 0.360. The maximum absolute atomic E-state index is 11.3. The molecule has 0 aliphatic heterocycles. The van der Waals surface area contributed by atoms with E-state index >= 15 is 0 Å². The quantitative estimate of drug-likeness (QED) is 0.168. The Hall–Kier alpha value is -2.93. The standard InChI is InChI=1S/C17H12IN5O2/c1-19-16(17(24)25-2)22-21-13-6-3-11(4-7-13)14-10-23-9-12(18)5-8-15(23)20-14/h3-10,21H,2H3/b22-16-. The number of pyridine rings is 1. The molecule has 0 amide bonds. The molecule has 0 saturated carbocycles. The number of rotatable bonds is 3. The third-order valence-electron chi connectivity index (χ3n) is 3.36. The first-order chi connectivity index (χ1) is 12.1. The van der Waals surface area contributed by atoms with E-state index in [0.29, 0.717) is 5.69 Å². The summed E-state index contributed by atoms with van der Waals surface area (Å²) < 4.78 is 7.58. The van der Waals surface area contributed by atoms with Gasteiger partial charge >= 0.3 is 11.8 Å². The summed E-state index contributed by atoms with van der Waals surface area (Å²) in [6, 6.07) is 11.3. The Bertz CT molecular complexity index is 1000. The summed E-state index contributed by atoms with van der Waals surface area (Å²) in [6.07, 6.45) is 3.97. The molecule has 0 fully saturated rings. The topological polar surface area (TPSA) is 72.3 Å². The Balaban J connectivity index is 1.81. The Morgan fingerprint density at radius 3 is 2.72 bits per heavy atom. The first-order valence-electron chi connectivity index (χ1n) is 7.15. The number of carbonyl (C=O) groups excluding carboxylic acids is 1. The number of benzene rings is 1. The van der Waals surface area contributed by atoms with Gasteiger partial charge in [-0.15, -0.1) is 0 Å². The lowest BCUT2D eigenvalue weighted by Crippen LogP contribution is -2.13. The summed E-state index contributed by atoms with van der Waals surface area (Å²) in [4.78, 5) is 18.9. The number of anilines is 1. The molecule has 2 aromatic heterocycles. The number of aromatic nitrogens is 2. The molecule has 0 radical (unpaired) electrons. The van der Waals surface area contributed by atoms with E-state index in [2.05, 4.69) is 47.7 Å². The monoisotopic (exact) mass is 445 g/mol. The van der Waals surface area contributed by atoms with Crippen molar-refractivity contribution < 1.29 is 9.53 Å². The van der Waals surface area contributed by atoms with Gasteiger partial charge in [0.25, 0.3) is 0 Å². The number of imidazole rings is 1. The lowest BCUT2D eigenvalue weighted by molar-refractivity contribution is -0.132. The number of ether oxygens (including phenoxy) is 1. The first-order valence-corrected chi connectivity index (χ1v) is 8.23. The molecule has 0 aliphatic carbocycles. The van der Waals surface area contributed by atoms with Crippen molar-refractivity contribution in [2.75, 3.05) is 12.5 Å². The zero-order chi connectivity index (χ0) is 17.8. The molecule has 25 heavy (non-hydrogen) atoms. The van der Waals surface area contributed by atoms with E-state index in [-0.39, 0.29) is 5.84 Å². The first kappa shape index (κ1) is 16.9. The molecule has 0 atom stereocenters. The summed E-state index contributed by atoms with van der Waals surface area (Å²) in [5, 5.41) is 3.75. The van der Waals surface area contributed by atoms with Crippen molar-refractivity contribution in [3.63, 3.8) is 0 Å². The zero-order valence-electron chi connectivity index (χ0n) is 13.1. The van der Waals surface area contributed by atoms with Gasteiger partial charge in [-0.1, -0.05) is 18.7 Å². The van der Waals surface area contributed by atoms with Crippen LogP contribution in [0.5, 0.6) is 0 Å². The second-order valence-corrected chi connectivity index (χ2v) is 6.21. The fraction of sp³-hybridized carbons (Fsp3) is 0.0588. The number of methoxy groups -OCH3 is 1. The van der Waals surface area contributed by atoms with Gasteiger partial charge in [-0.2, -0.15) is 0 Å². The van der Waals surface area contributed by atoms with E-state index in [9.17, 15) is 4.79 Å². The van der Waals surface area contributed by atoms with Crippen molar-refractivity contribution in [2.45, 2.75) is 0 Å². The minimum atomic E-state index is -0.779. The van der Waals surface area contributed by atoms with Gasteiger partial charge in [0, 0.05) is 21.5 Å². The number of hydrogen-bond donors (Lipinski definition) is 1. The normalized spacial score (nSPS) is 11.2. The Morgan fingerprint density at radius 2 is 2.04 bits per heavy atom. The second kappa shape index (κ2) is 7.31. The number of esters is 1. The van der Waals surface area contributed by atoms with Gasteiger partial charge < -0.3 is 14.0 Å². The van der Waals surface area contributed by atoms with E-state index < -0.39 is 5.97 Å². The molecule has 8 heteroatoms. The van der Waals surface area contributed by atoms with Crippen LogP contribution in [0, 0.1) is 10.1 Å². The summed E-state index contributed by atoms with van der Waals surface area (Å²) in [5.74, 6) is -1.14. The fourth-order valence-electron chi connectivity index (χ4n) is 2.14. The predicted octanol–water partition coefficient (Wildman–Crippen LogP) is 3.42. The third-order valence-corrected chi connectivity index (χ3v) is 4.00. The molecule has 1 aromatic carbocycles. The summed E-state index contributed by atoms with van der Waals surface area (Å²) in [6.45, 7) is 6.92. The predicted molar refractivity (Wildman–Crippen MR) is 103 cm³/mol. The molecular weight excluding hydrogens is 433 g/mol. The fourth-order valence-corrected chi connectivity index (χ4v) is 2.62. The van der Waals surface area contributed by atoms with Crippen LogP contribution in [-0.2, 0) is 9.53 Å². The van der Waals surface area contributed by atoms with Gasteiger partial charge in [-0.05, 0) is 52.0 Å². The van der Waals surface area contributed by atoms with Gasteiger partial charge in [0.1, 0.15) is 5.65 Å². The Morgan fingerprint density at radius 1 is 1.28 bits per heavy atom. The van der Waals surface area contributed by atoms with Gasteiger partial charge in [-0.3, -0.25) is 4.79 Å². The van der Waals surface area contributed by atoms with Gasteiger partial charge in [0.2, 0.25) is 0 Å². The highest BCUT2D eigenvalue weighted by molar-refractivity contribution is 14.1. The number of hydrazone groups is 1. The number of fused-ring (bicyclic) bond motifs is 1. The molecular formula is C17H12IN5O2. The van der Waals surface area contributed by atoms with E-state index in [1.54, 1.807) is 12.1 Å². The summed E-state index contributed by atoms with van der Waals surface area (Å²) >= 11 is 2.26. The molecule has 3 rings (SSSR count). The van der Waals surface area contributed by atoms with Crippen LogP contribution in [-0.4, -0.2) is 28.3 Å². The van der Waals surface area contributed by atoms with E-state index in [1.165, 1.54) is 7.11 Å². The number of carbonyl (C=O) groups is 1. The van der Waals surface area contributed by atoms with Crippen LogP contribution in [0.1, 0.15) is 0 Å². The number of halogens is 1. The van der Waals surface area contributed by atoms with Crippen molar-refractivity contribution in [3.05, 3.63) is 63.8 Å². The second-order valence-electron chi connectivity index (χ2n) is 4.97. The van der Waals surface area contributed by atoms with E-state index in [1.807, 2.05) is 41.1 Å². The highest BCUT2D eigenvalue weighted by Gasteiger charge is 2.12. The van der Waals surface area contributed by atoms with Crippen LogP contribution in [0.2, 0.25) is 0 Å². The molecule has 1 N–H and O–H groups in total. The number of hydrogen-bond acceptors (Lipinski definition) is 5. The maximum Gasteiger partial charge on any atom is 0.377 e. The summed E-state index contributed by atoms with van der Waals surface area (Å²) in [5.41, 5.74) is 6.00. The van der Waals surface area contributed by atoms with Crippen LogP contribution in [0.3, 0.4) is 0 Å². The molecule has 0 aliphatic rings. The smallest absolute Gasteiger partial charge is 0.377 e. The minimum Gasteiger partial charge on any atom is -0.473 e. The molecule has 0 saturated heterocycles. The number of amidine groups is 1. The van der Waals surface area contributed by atoms with Crippen molar-refractivity contribution in [2.24, 2.45) is 5.10 Å². The molecule has 0 spiro atoms. The average Bonchev–Trinajstić information content (AvgIpc) is 3.05. The average molecular weight is 445 g/mol. The van der Waals surface area contributed by atoms with Crippen molar-refractivity contribution in [1.29, 1.82) is 0 Å². The third kappa shape index (κ3) is 3.77. The SMILES string of the molecule is [C-]#[N+]/C(=N\Nc1ccc(-c2cn3cc(I)ccc3n2)cc1)C(=O)OC. The Kier molecular flexibility index (Phi) is 4.95. The van der Waals surface area contributed by atoms with Crippen molar-refractivity contribution in [3.8, 4) is 11.3 Å². The van der Waals surface area contributed by atoms with E-state index in [0.717, 1.165) is 20.5 Å². The van der Waals surface area contributed by atoms with Gasteiger partial charge in [0.15, 0.2) is 0 Å². The van der Waals surface area contributed by atoms with Crippen LogP contribution in [0.25, 0.3) is 21.7 Å². The number of nitrogens with one attached hydrogen (secondary N) is 1. The van der Waals surface area contributed by atoms with Crippen LogP contribution in [0.4, 0.5) is 5.69 Å². The number of nitrogens with zero attached hydrogens (tertiary/aromatic N) is 4. The van der Waals surface area contributed by atoms with Crippen molar-refractivity contribution >= 4 is 45.7 Å². The van der Waals surface area contributed by atoms with Gasteiger partial charge in [-0.25, -0.2) is 10.4 Å². The molecule has 2 heterocycles. The van der Waals surface area contributed by atoms with Crippen LogP contribution >= 0.6 is 22.6 Å². The largest absolute Gasteiger partial charge is 0.473 e. The van der Waals surface area contributed by atoms with E-state index in [4.69, 9.17) is 6.57 Å². The molecule has 3 aromatic rings. The molecule has 124 valence electrons. The molecule has 7 nitrogen and oxygen atoms in total. The van der Waals surface area contributed by atoms with Gasteiger partial charge in [0.05, 0.1) is 18.5 Å². The maximum atomic E-state index is 11.3.